The maximum Gasteiger partial charge on any atom is 0.338 e. The van der Waals surface area contributed by atoms with Crippen LogP contribution in [0.1, 0.15) is 36.0 Å². The first-order valence-corrected chi connectivity index (χ1v) is 11.3. The van der Waals surface area contributed by atoms with E-state index >= 15 is 0 Å². The summed E-state index contributed by atoms with van der Waals surface area (Å²) in [5.41, 5.74) is 7.90. The molecule has 0 unspecified atom stereocenters. The van der Waals surface area contributed by atoms with Gasteiger partial charge in [-0.15, -0.1) is 11.3 Å². The number of aliphatic imine (C=N–C) groups is 1. The number of aliphatic hydroxyl groups is 1. The lowest BCUT2D eigenvalue weighted by molar-refractivity contribution is 0.0526. The number of carbonyl (C=O) groups is 1. The third-order valence-electron chi connectivity index (χ3n) is 4.63. The summed E-state index contributed by atoms with van der Waals surface area (Å²) in [7, 11) is 0. The van der Waals surface area contributed by atoms with Crippen molar-refractivity contribution in [1.82, 2.24) is 0 Å². The molecule has 0 saturated carbocycles. The van der Waals surface area contributed by atoms with E-state index in [0.29, 0.717) is 28.6 Å². The van der Waals surface area contributed by atoms with Gasteiger partial charge in [-0.1, -0.05) is 35.9 Å². The van der Waals surface area contributed by atoms with Gasteiger partial charge >= 0.3 is 5.97 Å². The van der Waals surface area contributed by atoms with Crippen molar-refractivity contribution in [1.29, 1.82) is 0 Å². The smallest absolute Gasteiger partial charge is 0.338 e. The average Bonchev–Trinajstić information content (AvgIpc) is 3.24. The molecule has 0 bridgehead atoms. The van der Waals surface area contributed by atoms with E-state index in [2.05, 4.69) is 0 Å². The number of ether oxygens (including phenoxy) is 1. The van der Waals surface area contributed by atoms with Gasteiger partial charge in [-0.3, -0.25) is 0 Å². The van der Waals surface area contributed by atoms with Crippen LogP contribution in [-0.2, 0) is 4.74 Å². The number of carbonyl (C=O) groups excluding carboxylic acids is 1. The van der Waals surface area contributed by atoms with Gasteiger partial charge in [0.2, 0.25) is 0 Å². The van der Waals surface area contributed by atoms with Crippen LogP contribution in [0.3, 0.4) is 0 Å². The lowest BCUT2D eigenvalue weighted by atomic mass is 10.0. The Bertz CT molecular complexity index is 1160. The van der Waals surface area contributed by atoms with Gasteiger partial charge in [0, 0.05) is 10.6 Å². The van der Waals surface area contributed by atoms with E-state index in [4.69, 9.17) is 27.1 Å². The number of halogens is 1. The van der Waals surface area contributed by atoms with Crippen molar-refractivity contribution in [3.05, 3.63) is 87.9 Å². The number of allylic oxidation sites excluding steroid dienone is 1. The lowest BCUT2D eigenvalue weighted by Crippen LogP contribution is -2.28. The molecular formula is C25H25ClN2O3S. The van der Waals surface area contributed by atoms with Crippen LogP contribution in [0.2, 0.25) is 5.02 Å². The first-order valence-electron chi connectivity index (χ1n) is 10.1. The van der Waals surface area contributed by atoms with Crippen LogP contribution in [0.25, 0.3) is 10.4 Å². The highest BCUT2D eigenvalue weighted by Crippen LogP contribution is 2.32. The zero-order valence-corrected chi connectivity index (χ0v) is 19.7. The van der Waals surface area contributed by atoms with Crippen LogP contribution in [-0.4, -0.2) is 29.0 Å². The highest BCUT2D eigenvalue weighted by atomic mass is 35.5. The molecule has 0 aliphatic rings. The molecule has 0 radical (unpaired) electrons. The summed E-state index contributed by atoms with van der Waals surface area (Å²) in [4.78, 5) is 18.5. The molecule has 7 heteroatoms. The van der Waals surface area contributed by atoms with Crippen LogP contribution < -0.4 is 5.73 Å². The van der Waals surface area contributed by atoms with Crippen LogP contribution in [0.4, 0.5) is 5.69 Å². The fourth-order valence-electron chi connectivity index (χ4n) is 2.77. The summed E-state index contributed by atoms with van der Waals surface area (Å²) in [6, 6.07) is 18.5. The third kappa shape index (κ3) is 5.85. The van der Waals surface area contributed by atoms with E-state index in [0.717, 1.165) is 15.3 Å². The maximum atomic E-state index is 11.9. The Morgan fingerprint density at radius 3 is 2.47 bits per heavy atom. The molecule has 0 aliphatic heterocycles. The second-order valence-electron chi connectivity index (χ2n) is 7.57. The van der Waals surface area contributed by atoms with Gasteiger partial charge in [0.15, 0.2) is 0 Å². The molecule has 0 aliphatic carbocycles. The van der Waals surface area contributed by atoms with Crippen molar-refractivity contribution in [2.24, 2.45) is 10.7 Å². The van der Waals surface area contributed by atoms with Crippen molar-refractivity contribution >= 4 is 40.3 Å². The number of rotatable bonds is 7. The number of hydrogen-bond acceptors (Lipinski definition) is 6. The highest BCUT2D eigenvalue weighted by Gasteiger charge is 2.18. The zero-order valence-electron chi connectivity index (χ0n) is 18.1. The van der Waals surface area contributed by atoms with E-state index in [-0.39, 0.29) is 11.7 Å². The molecule has 3 rings (SSSR count). The summed E-state index contributed by atoms with van der Waals surface area (Å²) in [6.45, 7) is 5.36. The normalized spacial score (nSPS) is 12.7. The predicted molar refractivity (Wildman–Crippen MR) is 132 cm³/mol. The highest BCUT2D eigenvalue weighted by molar-refractivity contribution is 7.17. The fraction of sp³-hybridized carbons (Fsp3) is 0.200. The topological polar surface area (TPSA) is 84.9 Å². The van der Waals surface area contributed by atoms with Crippen LogP contribution >= 0.6 is 22.9 Å². The Hall–Kier alpha value is -2.93. The van der Waals surface area contributed by atoms with Crippen molar-refractivity contribution in [3.63, 3.8) is 0 Å². The molecule has 3 N–H and O–H groups in total. The number of nitrogens with two attached hydrogens (primary N) is 1. The molecule has 166 valence electrons. The van der Waals surface area contributed by atoms with Gasteiger partial charge in [-0.05, 0) is 68.8 Å². The minimum absolute atomic E-state index is 0.289. The van der Waals surface area contributed by atoms with Gasteiger partial charge < -0.3 is 15.6 Å². The van der Waals surface area contributed by atoms with E-state index in [1.165, 1.54) is 11.3 Å². The number of nitrogens with zero attached hydrogens (tertiary/aromatic N) is 1. The molecule has 0 spiro atoms. The summed E-state index contributed by atoms with van der Waals surface area (Å²) in [6.07, 6.45) is 1.67. The van der Waals surface area contributed by atoms with Crippen molar-refractivity contribution < 1.29 is 14.6 Å². The van der Waals surface area contributed by atoms with Gasteiger partial charge in [0.25, 0.3) is 0 Å². The van der Waals surface area contributed by atoms with Crippen molar-refractivity contribution in [2.45, 2.75) is 26.4 Å². The van der Waals surface area contributed by atoms with Crippen molar-refractivity contribution in [3.8, 4) is 10.4 Å². The predicted octanol–water partition coefficient (Wildman–Crippen LogP) is 5.98. The Kier molecular flexibility index (Phi) is 7.51. The number of para-hydroxylation sites is 1. The average molecular weight is 469 g/mol. The van der Waals surface area contributed by atoms with Crippen LogP contribution in [0, 0.1) is 0 Å². The third-order valence-corrected chi connectivity index (χ3v) is 6.11. The monoisotopic (exact) mass is 468 g/mol. The molecule has 1 heterocycles. The Morgan fingerprint density at radius 2 is 1.84 bits per heavy atom. The Morgan fingerprint density at radius 1 is 1.16 bits per heavy atom. The second-order valence-corrected chi connectivity index (χ2v) is 9.06. The molecule has 0 atom stereocenters. The molecule has 0 amide bonds. The van der Waals surface area contributed by atoms with Crippen LogP contribution in [0.5, 0.6) is 0 Å². The SMILES string of the molecule is CCOC(=O)c1ccc(-c2ccc(C(C=C(N)C(C)(C)O)=Nc3ccccc3Cl)s2)cc1. The summed E-state index contributed by atoms with van der Waals surface area (Å²) in [5.74, 6) is -0.340. The zero-order chi connectivity index (χ0) is 23.3. The van der Waals surface area contributed by atoms with E-state index < -0.39 is 5.60 Å². The minimum atomic E-state index is -1.19. The molecule has 0 saturated heterocycles. The molecule has 2 aromatic carbocycles. The molecule has 0 fully saturated rings. The van der Waals surface area contributed by atoms with Gasteiger partial charge in [0.05, 0.1) is 39.1 Å². The first-order chi connectivity index (χ1) is 15.2. The quantitative estimate of drug-likeness (QED) is 0.330. The first kappa shape index (κ1) is 23.7. The standard InChI is InChI=1S/C25H25ClN2O3S/c1-4-31-24(29)17-11-9-16(10-12-17)21-13-14-22(32-21)20(15-23(27)25(2,3)30)28-19-8-6-5-7-18(19)26/h5-15,30H,4,27H2,1-3H3. The lowest BCUT2D eigenvalue weighted by Gasteiger charge is -2.18. The van der Waals surface area contributed by atoms with Gasteiger partial charge in [0.1, 0.15) is 0 Å². The van der Waals surface area contributed by atoms with Gasteiger partial charge in [-0.2, -0.15) is 0 Å². The molecular weight excluding hydrogens is 444 g/mol. The number of thiophene rings is 1. The number of hydrogen-bond donors (Lipinski definition) is 2. The number of esters is 1. The Labute approximate surface area is 196 Å². The van der Waals surface area contributed by atoms with Crippen LogP contribution in [0.15, 0.2) is 77.4 Å². The van der Waals surface area contributed by atoms with E-state index in [1.807, 2.05) is 42.5 Å². The summed E-state index contributed by atoms with van der Waals surface area (Å²) < 4.78 is 5.04. The molecule has 5 nitrogen and oxygen atoms in total. The maximum absolute atomic E-state index is 11.9. The molecule has 3 aromatic rings. The fourth-order valence-corrected chi connectivity index (χ4v) is 3.92. The van der Waals surface area contributed by atoms with Gasteiger partial charge in [-0.25, -0.2) is 9.79 Å². The summed E-state index contributed by atoms with van der Waals surface area (Å²) in [5, 5.41) is 10.8. The van der Waals surface area contributed by atoms with E-state index in [1.54, 1.807) is 45.0 Å². The number of benzene rings is 2. The molecule has 32 heavy (non-hydrogen) atoms. The minimum Gasteiger partial charge on any atom is -0.462 e. The molecule has 1 aromatic heterocycles. The largest absolute Gasteiger partial charge is 0.462 e. The van der Waals surface area contributed by atoms with Crippen molar-refractivity contribution in [2.75, 3.05) is 6.61 Å². The Balaban J connectivity index is 1.99. The second kappa shape index (κ2) is 10.1. The summed E-state index contributed by atoms with van der Waals surface area (Å²) >= 11 is 7.83. The van der Waals surface area contributed by atoms with E-state index in [9.17, 15) is 9.90 Å².